The van der Waals surface area contributed by atoms with Gasteiger partial charge in [-0.25, -0.2) is 0 Å². The van der Waals surface area contributed by atoms with Crippen molar-refractivity contribution in [2.24, 2.45) is 0 Å². The molecule has 0 fully saturated rings. The molecule has 0 amide bonds. The van der Waals surface area contributed by atoms with Gasteiger partial charge in [0.2, 0.25) is 0 Å². The van der Waals surface area contributed by atoms with Crippen molar-refractivity contribution < 1.29 is 13.3 Å². The Kier molecular flexibility index (Phi) is 16.0. The van der Waals surface area contributed by atoms with E-state index in [1.807, 2.05) is 52.2 Å². The van der Waals surface area contributed by atoms with Crippen LogP contribution < -0.4 is 0 Å². The zero-order chi connectivity index (χ0) is 83.3. The van der Waals surface area contributed by atoms with Gasteiger partial charge >= 0.3 is 0 Å². The molecular formula is C121H72O3S3. The number of hydrogen-bond donors (Lipinski definition) is 0. The summed E-state index contributed by atoms with van der Waals surface area (Å²) in [5.74, 6) is 3.48. The Labute approximate surface area is 742 Å². The van der Waals surface area contributed by atoms with Crippen molar-refractivity contribution in [3.63, 3.8) is 0 Å². The number of rotatable bonds is 11. The Morgan fingerprint density at radius 2 is 0.606 bits per heavy atom. The van der Waals surface area contributed by atoms with Crippen molar-refractivity contribution in [2.75, 3.05) is 0 Å². The lowest BCUT2D eigenvalue weighted by Gasteiger charge is -2.27. The molecule has 6 aromatic heterocycles. The predicted molar refractivity (Wildman–Crippen MR) is 543 cm³/mol. The van der Waals surface area contributed by atoms with E-state index >= 15 is 0 Å². The van der Waals surface area contributed by atoms with Gasteiger partial charge in [-0.1, -0.05) is 279 Å². The summed E-state index contributed by atoms with van der Waals surface area (Å²) in [5, 5.41) is 28.5. The van der Waals surface area contributed by atoms with Crippen molar-refractivity contribution in [3.05, 3.63) is 417 Å². The van der Waals surface area contributed by atoms with Gasteiger partial charge in [0.25, 0.3) is 0 Å². The SMILES string of the molecule is CC1(c2ccc(-c3ccc4c5ccccc5c5cc(-c6ccc(-c7ccc8c(c7)sc7ccc(-c9ccc(-c%10ccc%11c%12ccccc%12c%12cc(-c%13ccccc%13)ccc%12c%11c%10)s9)cc78)cc6)ccc5c4c3)o2)C=Cc2sc3c(-c4cccc(-c5ccc6c(c5)c5ccccc5c5ccc(-c7ccc(-c8ccc9oc%10ccccc%10c9c8)o7)cc56)c4)cccc3c2C1. The second kappa shape index (κ2) is 28.1. The molecule has 20 aromatic carbocycles. The minimum Gasteiger partial charge on any atom is -0.460 e. The second-order valence-corrected chi connectivity index (χ2v) is 37.8. The molecule has 0 radical (unpaired) electrons. The van der Waals surface area contributed by atoms with Crippen LogP contribution in [0, 0.1) is 0 Å². The van der Waals surface area contributed by atoms with Crippen molar-refractivity contribution in [1.29, 1.82) is 0 Å². The normalized spacial score (nSPS) is 13.7. The third kappa shape index (κ3) is 11.6. The van der Waals surface area contributed by atoms with Gasteiger partial charge < -0.3 is 13.3 Å². The van der Waals surface area contributed by atoms with Crippen LogP contribution in [0.4, 0.5) is 0 Å². The van der Waals surface area contributed by atoms with E-state index in [0.29, 0.717) is 0 Å². The molecule has 6 heteroatoms. The summed E-state index contributed by atoms with van der Waals surface area (Å²) >= 11 is 5.65. The average Bonchev–Trinajstić information content (AvgIpc) is 1.17. The van der Waals surface area contributed by atoms with Crippen LogP contribution in [0.25, 0.3) is 266 Å². The van der Waals surface area contributed by atoms with Crippen LogP contribution in [0.15, 0.2) is 414 Å². The van der Waals surface area contributed by atoms with E-state index in [9.17, 15) is 0 Å². The third-order valence-corrected chi connectivity index (χ3v) is 30.9. The van der Waals surface area contributed by atoms with Gasteiger partial charge in [0, 0.05) is 72.4 Å². The van der Waals surface area contributed by atoms with Gasteiger partial charge in [0.1, 0.15) is 34.2 Å². The van der Waals surface area contributed by atoms with Crippen LogP contribution in [0.3, 0.4) is 0 Å². The summed E-state index contributed by atoms with van der Waals surface area (Å²) in [6, 6.07) is 146. The fourth-order valence-electron chi connectivity index (χ4n) is 20.9. The highest BCUT2D eigenvalue weighted by atomic mass is 32.1. The topological polar surface area (TPSA) is 39.4 Å². The van der Waals surface area contributed by atoms with Gasteiger partial charge in [-0.2, -0.15) is 0 Å². The Morgan fingerprint density at radius 1 is 0.220 bits per heavy atom. The van der Waals surface area contributed by atoms with Gasteiger partial charge in [-0.3, -0.25) is 0 Å². The Hall–Kier alpha value is -15.3. The van der Waals surface area contributed by atoms with E-state index in [2.05, 4.69) is 395 Å². The molecule has 1 aliphatic rings. The maximum atomic E-state index is 7.11. The molecule has 0 aliphatic heterocycles. The first-order valence-corrected chi connectivity index (χ1v) is 46.0. The van der Waals surface area contributed by atoms with Gasteiger partial charge in [0.15, 0.2) is 0 Å². The number of para-hydroxylation sites is 1. The summed E-state index contributed by atoms with van der Waals surface area (Å²) in [6.07, 6.45) is 5.55. The van der Waals surface area contributed by atoms with Crippen LogP contribution in [-0.4, -0.2) is 0 Å². The lowest BCUT2D eigenvalue weighted by molar-refractivity contribution is 0.422. The minimum absolute atomic E-state index is 0.368. The molecule has 127 heavy (non-hydrogen) atoms. The summed E-state index contributed by atoms with van der Waals surface area (Å²) in [4.78, 5) is 3.85. The molecule has 0 saturated heterocycles. The van der Waals surface area contributed by atoms with Crippen LogP contribution in [0.5, 0.6) is 0 Å². The predicted octanol–water partition coefficient (Wildman–Crippen LogP) is 36.0. The summed E-state index contributed by atoms with van der Waals surface area (Å²) in [5.41, 5.74) is 20.4. The molecule has 1 aliphatic carbocycles. The Balaban J connectivity index is 0.445. The van der Waals surface area contributed by atoms with Gasteiger partial charge in [0.05, 0.1) is 0 Å². The summed E-state index contributed by atoms with van der Waals surface area (Å²) < 4.78 is 23.9. The highest BCUT2D eigenvalue weighted by molar-refractivity contribution is 7.26. The molecule has 1 unspecified atom stereocenters. The van der Waals surface area contributed by atoms with E-state index < -0.39 is 0 Å². The first-order valence-electron chi connectivity index (χ1n) is 43.5. The van der Waals surface area contributed by atoms with E-state index in [4.69, 9.17) is 13.3 Å². The molecular weight excluding hydrogens is 1600 g/mol. The smallest absolute Gasteiger partial charge is 0.135 e. The van der Waals surface area contributed by atoms with Crippen LogP contribution in [0.1, 0.15) is 23.1 Å². The number of thiophene rings is 3. The molecule has 1 atom stereocenters. The maximum Gasteiger partial charge on any atom is 0.135 e. The molecule has 0 bridgehead atoms. The van der Waals surface area contributed by atoms with Gasteiger partial charge in [-0.05, 0) is 315 Å². The first-order chi connectivity index (χ1) is 62.7. The monoisotopic (exact) mass is 1670 g/mol. The van der Waals surface area contributed by atoms with Crippen molar-refractivity contribution in [2.45, 2.75) is 18.8 Å². The number of hydrogen-bond acceptors (Lipinski definition) is 6. The molecule has 0 spiro atoms. The fourth-order valence-corrected chi connectivity index (χ4v) is 24.3. The average molecular weight is 1670 g/mol. The number of furan rings is 3. The quantitative estimate of drug-likeness (QED) is 0.121. The van der Waals surface area contributed by atoms with E-state index in [1.165, 1.54) is 214 Å². The van der Waals surface area contributed by atoms with Gasteiger partial charge in [-0.15, -0.1) is 34.0 Å². The molecule has 592 valence electrons. The molecule has 27 rings (SSSR count). The van der Waals surface area contributed by atoms with Crippen LogP contribution >= 0.6 is 34.0 Å². The zero-order valence-electron chi connectivity index (χ0n) is 68.8. The van der Waals surface area contributed by atoms with Crippen molar-refractivity contribution in [1.82, 2.24) is 0 Å². The minimum atomic E-state index is -0.368. The largest absolute Gasteiger partial charge is 0.460 e. The zero-order valence-corrected chi connectivity index (χ0v) is 71.3. The number of allylic oxidation sites excluding steroid dienone is 1. The van der Waals surface area contributed by atoms with Crippen LogP contribution in [-0.2, 0) is 11.8 Å². The number of fused-ring (bicyclic) bond motifs is 27. The summed E-state index contributed by atoms with van der Waals surface area (Å²) in [7, 11) is 0. The van der Waals surface area contributed by atoms with Crippen molar-refractivity contribution in [3.8, 4) is 110 Å². The van der Waals surface area contributed by atoms with E-state index in [1.54, 1.807) is 0 Å². The summed E-state index contributed by atoms with van der Waals surface area (Å²) in [6.45, 7) is 2.34. The molecule has 0 N–H and O–H groups in total. The van der Waals surface area contributed by atoms with E-state index in [0.717, 1.165) is 68.1 Å². The highest BCUT2D eigenvalue weighted by Crippen LogP contribution is 2.51. The third-order valence-electron chi connectivity index (χ3n) is 27.3. The first kappa shape index (κ1) is 72.2. The highest BCUT2D eigenvalue weighted by Gasteiger charge is 2.34. The molecule has 0 saturated carbocycles. The Bertz CT molecular complexity index is 9210. The number of benzene rings is 20. The Morgan fingerprint density at radius 3 is 1.20 bits per heavy atom. The van der Waals surface area contributed by atoms with Crippen LogP contribution in [0.2, 0.25) is 0 Å². The maximum absolute atomic E-state index is 7.11. The second-order valence-electron chi connectivity index (χ2n) is 34.6. The fraction of sp³-hybridized carbons (Fsp3) is 0.0248. The standard InChI is InChI=1S/C121H72O3S3/c1-121(58-57-117-108(69-121)99-27-14-26-84(120(99)127-117)78-18-13-17-73(59-78)76-35-44-95-102(62-76)90-24-10-6-20-86(90)91-45-37-79(63-103(91)95)109-50-51-110(122-109)81-40-49-113-106(65-81)97-25-11-12-28-112(97)123-113)119-56-52-111(124-119)80-38-46-92-85-19-5-8-22-88(85)101-61-75(34-43-94(101)104(92)64-80)71-29-31-72(32-30-71)77-36-48-98-107-67-83(41-53-116(107)126-118(98)68-77)115-55-54-114(125-115)82-39-47-93-87-21-7-9-23-89(87)100-60-74(70-15-3-2-4-16-70)33-42-96(100)105(93)66-82/h2-68H,69H2,1H3. The van der Waals surface area contributed by atoms with E-state index in [-0.39, 0.29) is 5.41 Å². The molecule has 6 heterocycles. The molecule has 26 aromatic rings. The molecule has 3 nitrogen and oxygen atoms in total. The van der Waals surface area contributed by atoms with Crippen molar-refractivity contribution >= 4 is 189 Å². The lowest BCUT2D eigenvalue weighted by Crippen LogP contribution is -2.23. The lowest BCUT2D eigenvalue weighted by atomic mass is 9.77.